The molecule has 0 bridgehead atoms. The predicted molar refractivity (Wildman–Crippen MR) is 80.7 cm³/mol. The lowest BCUT2D eigenvalue weighted by Crippen LogP contribution is -2.46. The lowest BCUT2D eigenvalue weighted by atomic mass is 9.73. The third-order valence-electron chi connectivity index (χ3n) is 4.15. The molecular weight excluding hydrogens is 220 g/mol. The van der Waals surface area contributed by atoms with Crippen molar-refractivity contribution in [2.75, 3.05) is 26.2 Å². The summed E-state index contributed by atoms with van der Waals surface area (Å²) in [4.78, 5) is 2.67. The van der Waals surface area contributed by atoms with Crippen LogP contribution in [0.25, 0.3) is 0 Å². The fourth-order valence-electron chi connectivity index (χ4n) is 3.44. The van der Waals surface area contributed by atoms with E-state index in [0.717, 1.165) is 18.4 Å². The van der Waals surface area contributed by atoms with Gasteiger partial charge in [-0.2, -0.15) is 0 Å². The van der Waals surface area contributed by atoms with Gasteiger partial charge in [-0.15, -0.1) is 0 Å². The number of nitrogens with zero attached hydrogens (tertiary/aromatic N) is 1. The first kappa shape index (κ1) is 16.0. The van der Waals surface area contributed by atoms with E-state index in [9.17, 15) is 0 Å². The average molecular weight is 254 g/mol. The fraction of sp³-hybridized carbons (Fsp3) is 1.00. The standard InChI is InChI=1S/C16H34N2/c1-14(2)10-18(11-15(3)4)13-16(12-17)8-6-5-7-9-16/h14-15H,5-13,17H2,1-4H3. The van der Waals surface area contributed by atoms with Crippen molar-refractivity contribution in [2.24, 2.45) is 23.0 Å². The van der Waals surface area contributed by atoms with Gasteiger partial charge in [-0.3, -0.25) is 0 Å². The van der Waals surface area contributed by atoms with Crippen LogP contribution in [-0.2, 0) is 0 Å². The third-order valence-corrected chi connectivity index (χ3v) is 4.15. The molecule has 0 atom stereocenters. The minimum atomic E-state index is 0.419. The highest BCUT2D eigenvalue weighted by molar-refractivity contribution is 4.87. The van der Waals surface area contributed by atoms with Crippen LogP contribution in [0.5, 0.6) is 0 Å². The second-order valence-corrected chi connectivity index (χ2v) is 7.25. The molecule has 2 heteroatoms. The van der Waals surface area contributed by atoms with Crippen LogP contribution in [-0.4, -0.2) is 31.1 Å². The van der Waals surface area contributed by atoms with Crippen LogP contribution in [0.3, 0.4) is 0 Å². The quantitative estimate of drug-likeness (QED) is 0.753. The van der Waals surface area contributed by atoms with Crippen LogP contribution < -0.4 is 5.73 Å². The van der Waals surface area contributed by atoms with Gasteiger partial charge in [0, 0.05) is 19.6 Å². The summed E-state index contributed by atoms with van der Waals surface area (Å²) in [5.74, 6) is 1.50. The summed E-state index contributed by atoms with van der Waals surface area (Å²) in [6.45, 7) is 13.8. The Morgan fingerprint density at radius 3 is 1.83 bits per heavy atom. The molecule has 1 aliphatic rings. The molecule has 0 aromatic carbocycles. The number of hydrogen-bond acceptors (Lipinski definition) is 2. The van der Waals surface area contributed by atoms with Gasteiger partial charge < -0.3 is 10.6 Å². The van der Waals surface area contributed by atoms with Gasteiger partial charge in [-0.25, -0.2) is 0 Å². The molecule has 0 saturated heterocycles. The van der Waals surface area contributed by atoms with Crippen molar-refractivity contribution in [3.05, 3.63) is 0 Å². The second kappa shape index (κ2) is 7.49. The van der Waals surface area contributed by atoms with E-state index in [1.165, 1.54) is 51.7 Å². The maximum absolute atomic E-state index is 6.12. The first-order chi connectivity index (χ1) is 8.47. The molecule has 0 heterocycles. The lowest BCUT2D eigenvalue weighted by molar-refractivity contribution is 0.0946. The van der Waals surface area contributed by atoms with Crippen molar-refractivity contribution in [3.63, 3.8) is 0 Å². The highest BCUT2D eigenvalue weighted by atomic mass is 15.1. The van der Waals surface area contributed by atoms with Crippen molar-refractivity contribution in [2.45, 2.75) is 59.8 Å². The average Bonchev–Trinajstić information content (AvgIpc) is 2.28. The first-order valence-corrected chi connectivity index (χ1v) is 7.90. The zero-order chi connectivity index (χ0) is 13.6. The Morgan fingerprint density at radius 2 is 1.44 bits per heavy atom. The van der Waals surface area contributed by atoms with Gasteiger partial charge >= 0.3 is 0 Å². The Labute approximate surface area is 114 Å². The van der Waals surface area contributed by atoms with Gasteiger partial charge in [0.2, 0.25) is 0 Å². The Morgan fingerprint density at radius 1 is 0.944 bits per heavy atom. The molecule has 0 aromatic heterocycles. The lowest BCUT2D eigenvalue weighted by Gasteiger charge is -2.41. The van der Waals surface area contributed by atoms with E-state index in [2.05, 4.69) is 32.6 Å². The number of rotatable bonds is 7. The molecule has 0 unspecified atom stereocenters. The largest absolute Gasteiger partial charge is 0.330 e. The molecule has 1 fully saturated rings. The molecule has 108 valence electrons. The van der Waals surface area contributed by atoms with Crippen LogP contribution in [0.4, 0.5) is 0 Å². The van der Waals surface area contributed by atoms with E-state index in [0.29, 0.717) is 5.41 Å². The van der Waals surface area contributed by atoms with Gasteiger partial charge in [0.15, 0.2) is 0 Å². The topological polar surface area (TPSA) is 29.3 Å². The van der Waals surface area contributed by atoms with Gasteiger partial charge in [-0.05, 0) is 36.6 Å². The summed E-state index contributed by atoms with van der Waals surface area (Å²) in [6, 6.07) is 0. The predicted octanol–water partition coefficient (Wildman–Crippen LogP) is 3.51. The SMILES string of the molecule is CC(C)CN(CC(C)C)CC1(CN)CCCCC1. The van der Waals surface area contributed by atoms with Gasteiger partial charge in [0.05, 0.1) is 0 Å². The van der Waals surface area contributed by atoms with Crippen molar-refractivity contribution in [1.82, 2.24) is 4.90 Å². The molecule has 2 nitrogen and oxygen atoms in total. The zero-order valence-electron chi connectivity index (χ0n) is 13.0. The zero-order valence-corrected chi connectivity index (χ0v) is 13.0. The first-order valence-electron chi connectivity index (χ1n) is 7.90. The maximum atomic E-state index is 6.12. The molecule has 0 aromatic rings. The number of nitrogens with two attached hydrogens (primary N) is 1. The van der Waals surface area contributed by atoms with E-state index in [4.69, 9.17) is 5.73 Å². The van der Waals surface area contributed by atoms with Crippen LogP contribution in [0, 0.1) is 17.3 Å². The summed E-state index contributed by atoms with van der Waals surface area (Å²) in [6.07, 6.45) is 6.87. The monoisotopic (exact) mass is 254 g/mol. The summed E-state index contributed by atoms with van der Waals surface area (Å²) in [5.41, 5.74) is 6.54. The summed E-state index contributed by atoms with van der Waals surface area (Å²) in [7, 11) is 0. The van der Waals surface area contributed by atoms with Crippen LogP contribution >= 0.6 is 0 Å². The molecular formula is C16H34N2. The normalized spacial score (nSPS) is 20.0. The minimum absolute atomic E-state index is 0.419. The van der Waals surface area contributed by atoms with E-state index in [-0.39, 0.29) is 0 Å². The summed E-state index contributed by atoms with van der Waals surface area (Å²) >= 11 is 0. The molecule has 0 radical (unpaired) electrons. The smallest absolute Gasteiger partial charge is 0.00503 e. The Balaban J connectivity index is 2.60. The van der Waals surface area contributed by atoms with Gasteiger partial charge in [0.1, 0.15) is 0 Å². The van der Waals surface area contributed by atoms with Crippen molar-refractivity contribution < 1.29 is 0 Å². The van der Waals surface area contributed by atoms with Crippen molar-refractivity contribution >= 4 is 0 Å². The molecule has 18 heavy (non-hydrogen) atoms. The minimum Gasteiger partial charge on any atom is -0.330 e. The molecule has 1 rings (SSSR count). The molecule has 2 N–H and O–H groups in total. The van der Waals surface area contributed by atoms with E-state index in [1.807, 2.05) is 0 Å². The Hall–Kier alpha value is -0.0800. The van der Waals surface area contributed by atoms with E-state index >= 15 is 0 Å². The second-order valence-electron chi connectivity index (χ2n) is 7.25. The highest BCUT2D eigenvalue weighted by Gasteiger charge is 2.32. The Kier molecular flexibility index (Phi) is 6.65. The van der Waals surface area contributed by atoms with E-state index < -0.39 is 0 Å². The molecule has 1 saturated carbocycles. The maximum Gasteiger partial charge on any atom is 0.00503 e. The summed E-state index contributed by atoms with van der Waals surface area (Å²) < 4.78 is 0. The fourth-order valence-corrected chi connectivity index (χ4v) is 3.44. The molecule has 0 amide bonds. The molecule has 0 aliphatic heterocycles. The van der Waals surface area contributed by atoms with E-state index in [1.54, 1.807) is 0 Å². The number of hydrogen-bond donors (Lipinski definition) is 1. The van der Waals surface area contributed by atoms with Crippen LogP contribution in [0.15, 0.2) is 0 Å². The van der Waals surface area contributed by atoms with Gasteiger partial charge in [-0.1, -0.05) is 47.0 Å². The van der Waals surface area contributed by atoms with Crippen LogP contribution in [0.2, 0.25) is 0 Å². The van der Waals surface area contributed by atoms with Crippen molar-refractivity contribution in [1.29, 1.82) is 0 Å². The summed E-state index contributed by atoms with van der Waals surface area (Å²) in [5, 5.41) is 0. The Bertz CT molecular complexity index is 207. The van der Waals surface area contributed by atoms with Gasteiger partial charge in [0.25, 0.3) is 0 Å². The molecule has 1 aliphatic carbocycles. The third kappa shape index (κ3) is 5.27. The molecule has 0 spiro atoms. The van der Waals surface area contributed by atoms with Crippen molar-refractivity contribution in [3.8, 4) is 0 Å². The highest BCUT2D eigenvalue weighted by Crippen LogP contribution is 2.36. The van der Waals surface area contributed by atoms with Crippen LogP contribution in [0.1, 0.15) is 59.8 Å².